The summed E-state index contributed by atoms with van der Waals surface area (Å²) in [5.41, 5.74) is 0. The van der Waals surface area contributed by atoms with Gasteiger partial charge in [-0.15, -0.1) is 0 Å². The Morgan fingerprint density at radius 3 is 2.73 bits per heavy atom. The molecule has 0 N–H and O–H groups in total. The fourth-order valence-corrected chi connectivity index (χ4v) is 3.13. The second-order valence-corrected chi connectivity index (χ2v) is 6.39. The molecular weight excluding hydrogens is 278 g/mol. The Morgan fingerprint density at radius 1 is 1.23 bits per heavy atom. The molecule has 2 saturated heterocycles. The third-order valence-corrected chi connectivity index (χ3v) is 4.46. The van der Waals surface area contributed by atoms with E-state index in [4.69, 9.17) is 4.74 Å². The largest absolute Gasteiger partial charge is 0.377 e. The van der Waals surface area contributed by atoms with Gasteiger partial charge in [-0.1, -0.05) is 0 Å². The van der Waals surface area contributed by atoms with E-state index in [9.17, 15) is 0 Å². The molecule has 1 aromatic heterocycles. The van der Waals surface area contributed by atoms with Crippen LogP contribution < -0.4 is 9.80 Å². The summed E-state index contributed by atoms with van der Waals surface area (Å²) in [5, 5.41) is 0. The van der Waals surface area contributed by atoms with E-state index >= 15 is 0 Å². The number of aromatic nitrogens is 2. The zero-order valence-electron chi connectivity index (χ0n) is 13.7. The van der Waals surface area contributed by atoms with Gasteiger partial charge in [0.1, 0.15) is 5.82 Å². The number of hydrogen-bond acceptors (Lipinski definition) is 6. The highest BCUT2D eigenvalue weighted by Crippen LogP contribution is 2.18. The molecule has 6 nitrogen and oxygen atoms in total. The van der Waals surface area contributed by atoms with Crippen molar-refractivity contribution in [2.75, 3.05) is 63.2 Å². The van der Waals surface area contributed by atoms with Gasteiger partial charge in [-0.05, 0) is 25.3 Å². The van der Waals surface area contributed by atoms with Crippen LogP contribution in [0.15, 0.2) is 12.3 Å². The van der Waals surface area contributed by atoms with Gasteiger partial charge in [-0.2, -0.15) is 4.98 Å². The van der Waals surface area contributed by atoms with E-state index in [1.165, 1.54) is 19.3 Å². The lowest BCUT2D eigenvalue weighted by atomic mass is 10.1. The Hall–Kier alpha value is -1.40. The number of hydrogen-bond donors (Lipinski definition) is 0. The summed E-state index contributed by atoms with van der Waals surface area (Å²) in [6, 6.07) is 2.01. The maximum absolute atomic E-state index is 5.85. The summed E-state index contributed by atoms with van der Waals surface area (Å²) in [4.78, 5) is 15.7. The first-order valence-corrected chi connectivity index (χ1v) is 8.31. The maximum Gasteiger partial charge on any atom is 0.226 e. The molecule has 1 unspecified atom stereocenters. The van der Waals surface area contributed by atoms with Crippen molar-refractivity contribution in [3.63, 3.8) is 0 Å². The Morgan fingerprint density at radius 2 is 2.05 bits per heavy atom. The predicted molar refractivity (Wildman–Crippen MR) is 88.6 cm³/mol. The molecule has 0 radical (unpaired) electrons. The van der Waals surface area contributed by atoms with Crippen molar-refractivity contribution in [1.82, 2.24) is 14.9 Å². The number of rotatable bonds is 4. The third kappa shape index (κ3) is 3.87. The molecule has 0 bridgehead atoms. The topological polar surface area (TPSA) is 44.7 Å². The van der Waals surface area contributed by atoms with E-state index < -0.39 is 0 Å². The average Bonchev–Trinajstić information content (AvgIpc) is 2.56. The molecule has 0 saturated carbocycles. The van der Waals surface area contributed by atoms with Gasteiger partial charge >= 0.3 is 0 Å². The Balaban J connectivity index is 1.51. The van der Waals surface area contributed by atoms with Crippen LogP contribution in [0, 0.1) is 0 Å². The molecule has 0 amide bonds. The number of ether oxygens (including phenoxy) is 1. The van der Waals surface area contributed by atoms with Gasteiger partial charge in [-0.3, -0.25) is 4.90 Å². The molecule has 0 spiro atoms. The first-order valence-electron chi connectivity index (χ1n) is 8.31. The molecule has 22 heavy (non-hydrogen) atoms. The molecule has 3 heterocycles. The van der Waals surface area contributed by atoms with Crippen LogP contribution in [0.25, 0.3) is 0 Å². The first kappa shape index (κ1) is 15.5. The van der Waals surface area contributed by atoms with Crippen molar-refractivity contribution in [3.05, 3.63) is 12.3 Å². The summed E-state index contributed by atoms with van der Waals surface area (Å²) in [5.74, 6) is 1.81. The molecular formula is C16H27N5O. The molecule has 6 heteroatoms. The van der Waals surface area contributed by atoms with Crippen LogP contribution in [0.4, 0.5) is 11.8 Å². The quantitative estimate of drug-likeness (QED) is 0.834. The van der Waals surface area contributed by atoms with Crippen molar-refractivity contribution in [2.45, 2.75) is 25.4 Å². The lowest BCUT2D eigenvalue weighted by Crippen LogP contribution is -2.49. The molecule has 2 fully saturated rings. The Kier molecular flexibility index (Phi) is 5.10. The highest BCUT2D eigenvalue weighted by Gasteiger charge is 2.22. The minimum absolute atomic E-state index is 0.444. The van der Waals surface area contributed by atoms with Gasteiger partial charge in [0.25, 0.3) is 0 Å². The number of anilines is 2. The fourth-order valence-electron chi connectivity index (χ4n) is 3.13. The third-order valence-electron chi connectivity index (χ3n) is 4.46. The molecule has 1 aromatic rings. The van der Waals surface area contributed by atoms with Crippen molar-refractivity contribution in [3.8, 4) is 0 Å². The molecule has 0 aliphatic carbocycles. The second kappa shape index (κ2) is 7.24. The smallest absolute Gasteiger partial charge is 0.226 e. The number of nitrogens with zero attached hydrogens (tertiary/aromatic N) is 5. The average molecular weight is 305 g/mol. The SMILES string of the molecule is CN(C)c1nccc(N2CCN(CC3CCCCO3)CC2)n1. The van der Waals surface area contributed by atoms with Crippen LogP contribution in [-0.4, -0.2) is 74.4 Å². The molecule has 3 rings (SSSR count). The lowest BCUT2D eigenvalue weighted by Gasteiger charge is -2.37. The second-order valence-electron chi connectivity index (χ2n) is 6.39. The maximum atomic E-state index is 5.85. The summed E-state index contributed by atoms with van der Waals surface area (Å²) >= 11 is 0. The summed E-state index contributed by atoms with van der Waals surface area (Å²) in [7, 11) is 3.95. The normalized spacial score (nSPS) is 23.5. The Bertz CT molecular complexity index is 467. The van der Waals surface area contributed by atoms with Crippen molar-refractivity contribution >= 4 is 11.8 Å². The first-order chi connectivity index (χ1) is 10.7. The standard InChI is InChI=1S/C16H27N5O/c1-19(2)16-17-7-6-15(18-16)21-10-8-20(9-11-21)13-14-5-3-4-12-22-14/h6-7,14H,3-5,8-13H2,1-2H3. The van der Waals surface area contributed by atoms with Crippen LogP contribution in [0.1, 0.15) is 19.3 Å². The molecule has 2 aliphatic heterocycles. The van der Waals surface area contributed by atoms with Gasteiger partial charge in [0.15, 0.2) is 0 Å². The van der Waals surface area contributed by atoms with Crippen molar-refractivity contribution in [2.24, 2.45) is 0 Å². The van der Waals surface area contributed by atoms with E-state index in [-0.39, 0.29) is 0 Å². The van der Waals surface area contributed by atoms with Gasteiger partial charge in [0, 0.05) is 59.6 Å². The summed E-state index contributed by atoms with van der Waals surface area (Å²) in [6.07, 6.45) is 6.06. The molecule has 2 aliphatic rings. The van der Waals surface area contributed by atoms with Crippen molar-refractivity contribution < 1.29 is 4.74 Å². The van der Waals surface area contributed by atoms with Gasteiger partial charge in [0.2, 0.25) is 5.95 Å². The van der Waals surface area contributed by atoms with Crippen LogP contribution in [-0.2, 0) is 4.74 Å². The zero-order valence-corrected chi connectivity index (χ0v) is 13.7. The minimum Gasteiger partial charge on any atom is -0.377 e. The Labute approximate surface area is 133 Å². The van der Waals surface area contributed by atoms with Gasteiger partial charge in [0.05, 0.1) is 6.10 Å². The molecule has 122 valence electrons. The monoisotopic (exact) mass is 305 g/mol. The number of piperazine rings is 1. The van der Waals surface area contributed by atoms with Gasteiger partial charge < -0.3 is 14.5 Å². The highest BCUT2D eigenvalue weighted by molar-refractivity contribution is 5.43. The van der Waals surface area contributed by atoms with Crippen molar-refractivity contribution in [1.29, 1.82) is 0 Å². The van der Waals surface area contributed by atoms with E-state index in [2.05, 4.69) is 19.8 Å². The zero-order chi connectivity index (χ0) is 15.4. The summed E-state index contributed by atoms with van der Waals surface area (Å²) < 4.78 is 5.85. The fraction of sp³-hybridized carbons (Fsp3) is 0.750. The van der Waals surface area contributed by atoms with E-state index in [1.807, 2.05) is 31.3 Å². The highest BCUT2D eigenvalue weighted by atomic mass is 16.5. The van der Waals surface area contributed by atoms with E-state index in [0.717, 1.165) is 51.1 Å². The van der Waals surface area contributed by atoms with Crippen LogP contribution >= 0.6 is 0 Å². The minimum atomic E-state index is 0.444. The van der Waals surface area contributed by atoms with Crippen LogP contribution in [0.3, 0.4) is 0 Å². The van der Waals surface area contributed by atoms with E-state index in [1.54, 1.807) is 0 Å². The van der Waals surface area contributed by atoms with Gasteiger partial charge in [-0.25, -0.2) is 4.98 Å². The van der Waals surface area contributed by atoms with E-state index in [0.29, 0.717) is 6.10 Å². The van der Waals surface area contributed by atoms with Crippen LogP contribution in [0.2, 0.25) is 0 Å². The lowest BCUT2D eigenvalue weighted by molar-refractivity contribution is -0.00646. The summed E-state index contributed by atoms with van der Waals surface area (Å²) in [6.45, 7) is 6.25. The molecule has 0 aromatic carbocycles. The predicted octanol–water partition coefficient (Wildman–Crippen LogP) is 1.23. The molecule has 1 atom stereocenters. The van der Waals surface area contributed by atoms with Crippen LogP contribution in [0.5, 0.6) is 0 Å².